The van der Waals surface area contributed by atoms with Gasteiger partial charge in [0.05, 0.1) is 6.20 Å². The van der Waals surface area contributed by atoms with Gasteiger partial charge in [0.15, 0.2) is 5.82 Å². The van der Waals surface area contributed by atoms with Crippen molar-refractivity contribution in [1.82, 2.24) is 19.4 Å². The molecule has 2 N–H and O–H groups in total. The molecular weight excluding hydrogens is 221 g/mol. The van der Waals surface area contributed by atoms with E-state index in [1.54, 1.807) is 28.9 Å². The van der Waals surface area contributed by atoms with Crippen LogP contribution in [0.25, 0.3) is 17.2 Å². The van der Waals surface area contributed by atoms with Crippen LogP contribution in [0.5, 0.6) is 0 Å². The summed E-state index contributed by atoms with van der Waals surface area (Å²) < 4.78 is 14.8. The second-order valence-electron chi connectivity index (χ2n) is 3.52. The number of imidazole rings is 1. The van der Waals surface area contributed by atoms with Crippen molar-refractivity contribution in [3.8, 4) is 11.5 Å². The second-order valence-corrected chi connectivity index (χ2v) is 3.52. The summed E-state index contributed by atoms with van der Waals surface area (Å²) in [5.41, 5.74) is 6.82. The maximum absolute atomic E-state index is 13.2. The number of anilines is 1. The summed E-state index contributed by atoms with van der Waals surface area (Å²) in [6, 6.07) is 4.53. The lowest BCUT2D eigenvalue weighted by Gasteiger charge is -2.01. The maximum Gasteiger partial charge on any atom is 0.180 e. The van der Waals surface area contributed by atoms with Gasteiger partial charge in [0.1, 0.15) is 23.0 Å². The highest BCUT2D eigenvalue weighted by atomic mass is 19.1. The Morgan fingerprint density at radius 1 is 1.18 bits per heavy atom. The molecule has 3 rings (SSSR count). The van der Waals surface area contributed by atoms with Crippen molar-refractivity contribution < 1.29 is 4.39 Å². The third-order valence-electron chi connectivity index (χ3n) is 2.38. The Kier molecular flexibility index (Phi) is 2.01. The zero-order valence-electron chi connectivity index (χ0n) is 8.71. The number of aromatic nitrogens is 4. The molecular formula is C11H8FN5. The fourth-order valence-corrected chi connectivity index (χ4v) is 1.62. The molecule has 0 aromatic carbocycles. The average molecular weight is 229 g/mol. The lowest BCUT2D eigenvalue weighted by Crippen LogP contribution is -1.97. The Labute approximate surface area is 95.8 Å². The number of nitrogens with zero attached hydrogens (tertiary/aromatic N) is 4. The summed E-state index contributed by atoms with van der Waals surface area (Å²) in [6.45, 7) is 0. The normalized spacial score (nSPS) is 10.9. The number of nitrogens with two attached hydrogens (primary N) is 1. The van der Waals surface area contributed by atoms with Crippen LogP contribution in [0.4, 0.5) is 10.2 Å². The molecule has 0 saturated carbocycles. The molecule has 0 aliphatic heterocycles. The van der Waals surface area contributed by atoms with Crippen molar-refractivity contribution in [2.45, 2.75) is 0 Å². The zero-order chi connectivity index (χ0) is 11.8. The number of fused-ring (bicyclic) bond motifs is 1. The largest absolute Gasteiger partial charge is 0.384 e. The van der Waals surface area contributed by atoms with E-state index >= 15 is 0 Å². The van der Waals surface area contributed by atoms with Crippen LogP contribution in [0, 0.1) is 5.82 Å². The minimum Gasteiger partial charge on any atom is -0.384 e. The summed E-state index contributed by atoms with van der Waals surface area (Å²) in [5.74, 6) is 0.435. The summed E-state index contributed by atoms with van der Waals surface area (Å²) in [4.78, 5) is 12.3. The molecule has 3 aromatic heterocycles. The minimum absolute atomic E-state index is 0.347. The summed E-state index contributed by atoms with van der Waals surface area (Å²) >= 11 is 0. The minimum atomic E-state index is -0.347. The Morgan fingerprint density at radius 2 is 2.06 bits per heavy atom. The SMILES string of the molecule is Nc1ccnc(-c2cnc3ccc(F)cn23)n1. The van der Waals surface area contributed by atoms with E-state index in [9.17, 15) is 4.39 Å². The number of hydrogen-bond donors (Lipinski definition) is 1. The van der Waals surface area contributed by atoms with Crippen LogP contribution < -0.4 is 5.73 Å². The standard InChI is InChI=1S/C11H8FN5/c12-7-1-2-10-15-5-8(17(10)6-7)11-14-4-3-9(13)16-11/h1-6H,(H2,13,14,16). The molecule has 3 heterocycles. The number of halogens is 1. The van der Waals surface area contributed by atoms with Crippen LogP contribution in [0.2, 0.25) is 0 Å². The van der Waals surface area contributed by atoms with Gasteiger partial charge in [-0.15, -0.1) is 0 Å². The predicted octanol–water partition coefficient (Wildman–Crippen LogP) is 1.51. The Morgan fingerprint density at radius 3 is 2.88 bits per heavy atom. The van der Waals surface area contributed by atoms with Crippen molar-refractivity contribution in [3.63, 3.8) is 0 Å². The van der Waals surface area contributed by atoms with Crippen LogP contribution in [-0.4, -0.2) is 19.4 Å². The Balaban J connectivity index is 2.27. The van der Waals surface area contributed by atoms with Crippen molar-refractivity contribution >= 4 is 11.5 Å². The van der Waals surface area contributed by atoms with Gasteiger partial charge in [0.25, 0.3) is 0 Å². The van der Waals surface area contributed by atoms with E-state index in [1.165, 1.54) is 12.3 Å². The maximum atomic E-state index is 13.2. The molecule has 0 aliphatic carbocycles. The monoisotopic (exact) mass is 229 g/mol. The highest BCUT2D eigenvalue weighted by Gasteiger charge is 2.09. The molecule has 0 unspecified atom stereocenters. The average Bonchev–Trinajstić information content (AvgIpc) is 2.71. The first kappa shape index (κ1) is 9.71. The number of rotatable bonds is 1. The van der Waals surface area contributed by atoms with Gasteiger partial charge in [-0.3, -0.25) is 4.40 Å². The van der Waals surface area contributed by atoms with Gasteiger partial charge in [-0.1, -0.05) is 0 Å². The molecule has 6 heteroatoms. The molecule has 84 valence electrons. The molecule has 5 nitrogen and oxygen atoms in total. The van der Waals surface area contributed by atoms with E-state index in [4.69, 9.17) is 5.73 Å². The van der Waals surface area contributed by atoms with E-state index in [2.05, 4.69) is 15.0 Å². The van der Waals surface area contributed by atoms with Gasteiger partial charge in [-0.2, -0.15) is 0 Å². The number of hydrogen-bond acceptors (Lipinski definition) is 4. The molecule has 0 bridgehead atoms. The highest BCUT2D eigenvalue weighted by molar-refractivity contribution is 5.57. The zero-order valence-corrected chi connectivity index (χ0v) is 8.71. The van der Waals surface area contributed by atoms with Crippen molar-refractivity contribution in [2.24, 2.45) is 0 Å². The molecule has 0 fully saturated rings. The quantitative estimate of drug-likeness (QED) is 0.686. The fourth-order valence-electron chi connectivity index (χ4n) is 1.62. The van der Waals surface area contributed by atoms with Gasteiger partial charge in [-0.25, -0.2) is 19.3 Å². The molecule has 0 saturated heterocycles. The molecule has 0 amide bonds. The van der Waals surface area contributed by atoms with Crippen LogP contribution >= 0.6 is 0 Å². The first-order valence-electron chi connectivity index (χ1n) is 4.95. The molecule has 0 radical (unpaired) electrons. The van der Waals surface area contributed by atoms with Gasteiger partial charge >= 0.3 is 0 Å². The van der Waals surface area contributed by atoms with Crippen LogP contribution in [-0.2, 0) is 0 Å². The van der Waals surface area contributed by atoms with Gasteiger partial charge < -0.3 is 5.73 Å². The summed E-state index contributed by atoms with van der Waals surface area (Å²) in [6.07, 6.45) is 4.48. The number of pyridine rings is 1. The lowest BCUT2D eigenvalue weighted by molar-refractivity contribution is 0.619. The molecule has 0 spiro atoms. The van der Waals surface area contributed by atoms with E-state index in [1.807, 2.05) is 0 Å². The van der Waals surface area contributed by atoms with Crippen molar-refractivity contribution in [3.05, 3.63) is 42.6 Å². The highest BCUT2D eigenvalue weighted by Crippen LogP contribution is 2.17. The fraction of sp³-hybridized carbons (Fsp3) is 0. The van der Waals surface area contributed by atoms with Gasteiger partial charge in [0.2, 0.25) is 0 Å². The van der Waals surface area contributed by atoms with Crippen LogP contribution in [0.1, 0.15) is 0 Å². The second kappa shape index (κ2) is 3.51. The first-order chi connectivity index (χ1) is 8.24. The summed E-state index contributed by atoms with van der Waals surface area (Å²) in [5, 5.41) is 0. The van der Waals surface area contributed by atoms with Crippen LogP contribution in [0.3, 0.4) is 0 Å². The van der Waals surface area contributed by atoms with Gasteiger partial charge in [0, 0.05) is 12.4 Å². The third-order valence-corrected chi connectivity index (χ3v) is 2.38. The van der Waals surface area contributed by atoms with Gasteiger partial charge in [-0.05, 0) is 18.2 Å². The lowest BCUT2D eigenvalue weighted by atomic mass is 10.4. The third kappa shape index (κ3) is 1.59. The Hall–Kier alpha value is -2.50. The number of nitrogen functional groups attached to an aromatic ring is 1. The van der Waals surface area contributed by atoms with Crippen molar-refractivity contribution in [2.75, 3.05) is 5.73 Å². The van der Waals surface area contributed by atoms with E-state index in [0.29, 0.717) is 23.0 Å². The molecule has 0 atom stereocenters. The summed E-state index contributed by atoms with van der Waals surface area (Å²) in [7, 11) is 0. The van der Waals surface area contributed by atoms with E-state index in [0.717, 1.165) is 0 Å². The van der Waals surface area contributed by atoms with Crippen molar-refractivity contribution in [1.29, 1.82) is 0 Å². The molecule has 0 aliphatic rings. The molecule has 17 heavy (non-hydrogen) atoms. The van der Waals surface area contributed by atoms with Crippen LogP contribution in [0.15, 0.2) is 36.8 Å². The van der Waals surface area contributed by atoms with E-state index < -0.39 is 0 Å². The topological polar surface area (TPSA) is 69.1 Å². The molecule has 3 aromatic rings. The first-order valence-corrected chi connectivity index (χ1v) is 4.95. The van der Waals surface area contributed by atoms with E-state index in [-0.39, 0.29) is 5.82 Å². The predicted molar refractivity (Wildman–Crippen MR) is 60.6 cm³/mol. The Bertz CT molecular complexity index is 691. The smallest absolute Gasteiger partial charge is 0.180 e.